The van der Waals surface area contributed by atoms with Gasteiger partial charge in [0.15, 0.2) is 0 Å². The second-order valence-electron chi connectivity index (χ2n) is 8.33. The zero-order chi connectivity index (χ0) is 24.3. The van der Waals surface area contributed by atoms with E-state index in [0.29, 0.717) is 5.69 Å². The molecule has 33 heavy (non-hydrogen) atoms. The van der Waals surface area contributed by atoms with E-state index in [1.807, 2.05) is 65.0 Å². The van der Waals surface area contributed by atoms with Crippen molar-refractivity contribution in [1.82, 2.24) is 9.99 Å². The number of hydrogen-bond acceptors (Lipinski definition) is 4. The molecule has 2 aromatic carbocycles. The van der Waals surface area contributed by atoms with Crippen LogP contribution >= 0.6 is 0 Å². The van der Waals surface area contributed by atoms with E-state index in [1.54, 1.807) is 18.3 Å². The Labute approximate surface area is 195 Å². The van der Waals surface area contributed by atoms with Crippen molar-refractivity contribution in [3.05, 3.63) is 82.2 Å². The van der Waals surface area contributed by atoms with Gasteiger partial charge in [0.25, 0.3) is 5.91 Å². The maximum Gasteiger partial charge on any atom is 0.260 e. The molecule has 1 aromatic heterocycles. The minimum absolute atomic E-state index is 0.360. The summed E-state index contributed by atoms with van der Waals surface area (Å²) in [7, 11) is -3.65. The highest BCUT2D eigenvalue weighted by atomic mass is 32.2. The minimum Gasteiger partial charge on any atom is -0.318 e. The van der Waals surface area contributed by atoms with Crippen LogP contribution in [0.25, 0.3) is 5.69 Å². The zero-order valence-corrected chi connectivity index (χ0v) is 20.7. The van der Waals surface area contributed by atoms with E-state index < -0.39 is 15.9 Å². The molecule has 0 unspecified atom stereocenters. The van der Waals surface area contributed by atoms with Gasteiger partial charge in [-0.05, 0) is 81.6 Å². The monoisotopic (exact) mass is 466 g/mol. The number of carbonyl (C=O) groups is 1. The molecule has 0 spiro atoms. The molecule has 7 nitrogen and oxygen atoms in total. The van der Waals surface area contributed by atoms with E-state index in [9.17, 15) is 13.2 Å². The Kier molecular flexibility index (Phi) is 7.07. The number of hydrogen-bond donors (Lipinski definition) is 1. The third-order valence-electron chi connectivity index (χ3n) is 5.59. The van der Waals surface area contributed by atoms with Crippen LogP contribution in [0.2, 0.25) is 0 Å². The Bertz CT molecular complexity index is 1320. The van der Waals surface area contributed by atoms with Crippen molar-refractivity contribution in [3.63, 3.8) is 0 Å². The van der Waals surface area contributed by atoms with Gasteiger partial charge in [-0.2, -0.15) is 5.10 Å². The smallest absolute Gasteiger partial charge is 0.260 e. The number of aryl methyl sites for hydroxylation is 4. The van der Waals surface area contributed by atoms with Crippen molar-refractivity contribution >= 4 is 27.8 Å². The fraction of sp³-hybridized carbons (Fsp3) is 0.280. The molecule has 1 amide bonds. The highest BCUT2D eigenvalue weighted by molar-refractivity contribution is 7.92. The first-order valence-electron chi connectivity index (χ1n) is 10.6. The standard InChI is InChI=1S/C25H30N4O3S/c1-17-8-7-9-24(12-17)29-20(4)14-22(21(29)5)15-26-27-25(30)16-28(33(6,31)32)23-11-10-18(2)19(3)13-23/h7-15H,16H2,1-6H3,(H,27,30)/b26-15-. The van der Waals surface area contributed by atoms with Gasteiger partial charge >= 0.3 is 0 Å². The normalized spacial score (nSPS) is 11.7. The average molecular weight is 467 g/mol. The van der Waals surface area contributed by atoms with Crippen molar-refractivity contribution in [2.24, 2.45) is 5.10 Å². The lowest BCUT2D eigenvalue weighted by Gasteiger charge is -2.22. The van der Waals surface area contributed by atoms with Crippen LogP contribution in [-0.4, -0.2) is 37.9 Å². The van der Waals surface area contributed by atoms with Gasteiger partial charge in [-0.25, -0.2) is 13.8 Å². The average Bonchev–Trinajstić information content (AvgIpc) is 3.00. The van der Waals surface area contributed by atoms with Crippen molar-refractivity contribution in [2.75, 3.05) is 17.1 Å². The summed E-state index contributed by atoms with van der Waals surface area (Å²) in [6.45, 7) is 9.54. The van der Waals surface area contributed by atoms with E-state index >= 15 is 0 Å². The van der Waals surface area contributed by atoms with Gasteiger partial charge in [-0.15, -0.1) is 0 Å². The number of carbonyl (C=O) groups excluding carboxylic acids is 1. The summed E-state index contributed by atoms with van der Waals surface area (Å²) in [6.07, 6.45) is 2.66. The third-order valence-corrected chi connectivity index (χ3v) is 6.73. The number of aromatic nitrogens is 1. The summed E-state index contributed by atoms with van der Waals surface area (Å²) in [4.78, 5) is 12.5. The van der Waals surface area contributed by atoms with Crippen LogP contribution in [0.5, 0.6) is 0 Å². The fourth-order valence-electron chi connectivity index (χ4n) is 3.70. The van der Waals surface area contributed by atoms with Crippen LogP contribution in [0.4, 0.5) is 5.69 Å². The first-order chi connectivity index (χ1) is 15.5. The van der Waals surface area contributed by atoms with Crippen molar-refractivity contribution in [1.29, 1.82) is 0 Å². The number of rotatable bonds is 7. The molecule has 1 N–H and O–H groups in total. The van der Waals surface area contributed by atoms with E-state index in [4.69, 9.17) is 0 Å². The molecule has 0 aliphatic rings. The Balaban J connectivity index is 1.75. The molecule has 0 radical (unpaired) electrons. The molecule has 3 aromatic rings. The Morgan fingerprint density at radius 2 is 1.76 bits per heavy atom. The number of sulfonamides is 1. The highest BCUT2D eigenvalue weighted by Gasteiger charge is 2.21. The lowest BCUT2D eigenvalue weighted by atomic mass is 10.1. The van der Waals surface area contributed by atoms with Crippen molar-refractivity contribution in [3.8, 4) is 5.69 Å². The Hall–Kier alpha value is -3.39. The number of nitrogens with one attached hydrogen (secondary N) is 1. The zero-order valence-electron chi connectivity index (χ0n) is 19.9. The lowest BCUT2D eigenvalue weighted by Crippen LogP contribution is -2.39. The summed E-state index contributed by atoms with van der Waals surface area (Å²) in [5.41, 5.74) is 10.0. The summed E-state index contributed by atoms with van der Waals surface area (Å²) in [5, 5.41) is 4.07. The molecule has 0 aliphatic carbocycles. The molecule has 0 saturated carbocycles. The first-order valence-corrected chi connectivity index (χ1v) is 12.4. The van der Waals surface area contributed by atoms with E-state index in [2.05, 4.69) is 21.2 Å². The third kappa shape index (κ3) is 5.70. The topological polar surface area (TPSA) is 83.8 Å². The molecule has 3 rings (SSSR count). The van der Waals surface area contributed by atoms with Gasteiger partial charge in [0.1, 0.15) is 6.54 Å². The van der Waals surface area contributed by atoms with Crippen molar-refractivity contribution < 1.29 is 13.2 Å². The second-order valence-corrected chi connectivity index (χ2v) is 10.2. The van der Waals surface area contributed by atoms with Gasteiger partial charge in [-0.1, -0.05) is 18.2 Å². The first kappa shape index (κ1) is 24.3. The Morgan fingerprint density at radius 3 is 2.39 bits per heavy atom. The largest absolute Gasteiger partial charge is 0.318 e. The van der Waals surface area contributed by atoms with Crippen LogP contribution in [0.3, 0.4) is 0 Å². The van der Waals surface area contributed by atoms with Gasteiger partial charge in [0.05, 0.1) is 18.2 Å². The summed E-state index contributed by atoms with van der Waals surface area (Å²) in [6, 6.07) is 15.5. The number of anilines is 1. The van der Waals surface area contributed by atoms with Crippen LogP contribution in [-0.2, 0) is 14.8 Å². The van der Waals surface area contributed by atoms with Crippen LogP contribution in [0.1, 0.15) is 33.6 Å². The molecule has 174 valence electrons. The van der Waals surface area contributed by atoms with E-state index in [-0.39, 0.29) is 6.54 Å². The van der Waals surface area contributed by atoms with Crippen LogP contribution in [0.15, 0.2) is 53.6 Å². The predicted molar refractivity (Wildman–Crippen MR) is 134 cm³/mol. The molecule has 0 aliphatic heterocycles. The number of nitrogens with zero attached hydrogens (tertiary/aromatic N) is 3. The number of amides is 1. The van der Waals surface area contributed by atoms with Gasteiger partial charge in [-0.3, -0.25) is 9.10 Å². The maximum atomic E-state index is 12.5. The molecule has 0 atom stereocenters. The maximum absolute atomic E-state index is 12.5. The molecule has 0 bridgehead atoms. The quantitative estimate of drug-likeness (QED) is 0.423. The molecular formula is C25H30N4O3S. The lowest BCUT2D eigenvalue weighted by molar-refractivity contribution is -0.119. The molecule has 1 heterocycles. The van der Waals surface area contributed by atoms with Crippen LogP contribution < -0.4 is 9.73 Å². The predicted octanol–water partition coefficient (Wildman–Crippen LogP) is 3.94. The Morgan fingerprint density at radius 1 is 1.03 bits per heavy atom. The van der Waals surface area contributed by atoms with Gasteiger partial charge < -0.3 is 4.57 Å². The van der Waals surface area contributed by atoms with Crippen LogP contribution in [0, 0.1) is 34.6 Å². The number of benzene rings is 2. The van der Waals surface area contributed by atoms with Gasteiger partial charge in [0.2, 0.25) is 10.0 Å². The van der Waals surface area contributed by atoms with Gasteiger partial charge in [0, 0.05) is 22.6 Å². The molecule has 8 heteroatoms. The van der Waals surface area contributed by atoms with Crippen molar-refractivity contribution in [2.45, 2.75) is 34.6 Å². The molecule has 0 saturated heterocycles. The minimum atomic E-state index is -3.65. The molecular weight excluding hydrogens is 436 g/mol. The summed E-state index contributed by atoms with van der Waals surface area (Å²) >= 11 is 0. The molecule has 0 fully saturated rings. The fourth-order valence-corrected chi connectivity index (χ4v) is 4.55. The van der Waals surface area contributed by atoms with E-state index in [1.165, 1.54) is 5.56 Å². The number of hydrazone groups is 1. The SMILES string of the molecule is Cc1cccc(-n2c(C)cc(/C=N\NC(=O)CN(c3ccc(C)c(C)c3)S(C)(=O)=O)c2C)c1. The van der Waals surface area contributed by atoms with E-state index in [0.717, 1.165) is 44.3 Å². The highest BCUT2D eigenvalue weighted by Crippen LogP contribution is 2.22. The summed E-state index contributed by atoms with van der Waals surface area (Å²) < 4.78 is 27.8. The summed E-state index contributed by atoms with van der Waals surface area (Å²) in [5.74, 6) is -0.526. The second kappa shape index (κ2) is 9.62.